The maximum Gasteiger partial charge on any atom is 0.296 e. The first-order valence-electron chi connectivity index (χ1n) is 7.92. The van der Waals surface area contributed by atoms with Gasteiger partial charge in [0.25, 0.3) is 10.2 Å². The van der Waals surface area contributed by atoms with E-state index in [1.807, 2.05) is 6.92 Å². The van der Waals surface area contributed by atoms with E-state index < -0.39 is 16.0 Å². The first-order valence-corrected chi connectivity index (χ1v) is 9.47. The van der Waals surface area contributed by atoms with Crippen molar-refractivity contribution in [2.45, 2.75) is 13.0 Å². The molecule has 1 atom stereocenters. The van der Waals surface area contributed by atoms with Gasteiger partial charge in [-0.15, -0.1) is 0 Å². The molecule has 4 N–H and O–H groups in total. The normalized spacial score (nSPS) is 12.6. The SMILES string of the molecule is COc1cc2ncnc(NC(C)c3ccc(NS(N)(=O)=O)cc3)c2cc1F. The number of anilines is 2. The minimum absolute atomic E-state index is 0.109. The topological polar surface area (TPSA) is 119 Å². The maximum absolute atomic E-state index is 14.1. The van der Waals surface area contributed by atoms with Crippen molar-refractivity contribution in [1.29, 1.82) is 0 Å². The maximum atomic E-state index is 14.1. The third-order valence-electron chi connectivity index (χ3n) is 3.93. The lowest BCUT2D eigenvalue weighted by Gasteiger charge is -2.17. The van der Waals surface area contributed by atoms with Gasteiger partial charge in [0.2, 0.25) is 0 Å². The van der Waals surface area contributed by atoms with Crippen molar-refractivity contribution in [2.24, 2.45) is 5.14 Å². The highest BCUT2D eigenvalue weighted by molar-refractivity contribution is 7.90. The Balaban J connectivity index is 1.85. The highest BCUT2D eigenvalue weighted by Crippen LogP contribution is 2.29. The van der Waals surface area contributed by atoms with Gasteiger partial charge in [0.05, 0.1) is 12.6 Å². The van der Waals surface area contributed by atoms with E-state index in [0.29, 0.717) is 22.4 Å². The molecule has 0 saturated heterocycles. The van der Waals surface area contributed by atoms with Crippen LogP contribution >= 0.6 is 0 Å². The van der Waals surface area contributed by atoms with Crippen LogP contribution in [0, 0.1) is 5.82 Å². The Morgan fingerprint density at radius 3 is 2.52 bits per heavy atom. The first-order chi connectivity index (χ1) is 12.8. The highest BCUT2D eigenvalue weighted by Gasteiger charge is 2.13. The van der Waals surface area contributed by atoms with Gasteiger partial charge in [-0.25, -0.2) is 19.5 Å². The second-order valence-electron chi connectivity index (χ2n) is 5.86. The Labute approximate surface area is 155 Å². The molecule has 1 heterocycles. The summed E-state index contributed by atoms with van der Waals surface area (Å²) in [7, 11) is -2.43. The van der Waals surface area contributed by atoms with Crippen LogP contribution in [0.15, 0.2) is 42.7 Å². The smallest absolute Gasteiger partial charge is 0.296 e. The third-order valence-corrected chi connectivity index (χ3v) is 4.45. The van der Waals surface area contributed by atoms with Crippen molar-refractivity contribution < 1.29 is 17.5 Å². The van der Waals surface area contributed by atoms with Gasteiger partial charge in [-0.1, -0.05) is 12.1 Å². The zero-order chi connectivity index (χ0) is 19.6. The summed E-state index contributed by atoms with van der Waals surface area (Å²) in [5.74, 6) is 0.0767. The van der Waals surface area contributed by atoms with Gasteiger partial charge in [0, 0.05) is 23.2 Å². The molecule has 0 aliphatic carbocycles. The summed E-state index contributed by atoms with van der Waals surface area (Å²) in [4.78, 5) is 8.34. The monoisotopic (exact) mass is 391 g/mol. The highest BCUT2D eigenvalue weighted by atomic mass is 32.2. The summed E-state index contributed by atoms with van der Waals surface area (Å²) in [6, 6.07) is 9.34. The number of aromatic nitrogens is 2. The molecule has 0 aliphatic heterocycles. The minimum Gasteiger partial charge on any atom is -0.494 e. The quantitative estimate of drug-likeness (QED) is 0.594. The van der Waals surface area contributed by atoms with Gasteiger partial charge in [-0.2, -0.15) is 8.42 Å². The lowest BCUT2D eigenvalue weighted by molar-refractivity contribution is 0.387. The molecule has 2 aromatic carbocycles. The van der Waals surface area contributed by atoms with E-state index in [1.54, 1.807) is 24.3 Å². The number of methoxy groups -OCH3 is 1. The second-order valence-corrected chi connectivity index (χ2v) is 7.16. The summed E-state index contributed by atoms with van der Waals surface area (Å²) in [6.45, 7) is 1.90. The van der Waals surface area contributed by atoms with Gasteiger partial charge in [0.1, 0.15) is 12.1 Å². The van der Waals surface area contributed by atoms with Gasteiger partial charge in [-0.3, -0.25) is 4.72 Å². The van der Waals surface area contributed by atoms with E-state index >= 15 is 0 Å². The van der Waals surface area contributed by atoms with Crippen molar-refractivity contribution >= 4 is 32.6 Å². The van der Waals surface area contributed by atoms with Crippen molar-refractivity contribution in [1.82, 2.24) is 9.97 Å². The molecule has 8 nitrogen and oxygen atoms in total. The Kier molecular flexibility index (Phi) is 5.10. The van der Waals surface area contributed by atoms with Crippen LogP contribution in [0.1, 0.15) is 18.5 Å². The molecule has 0 saturated carbocycles. The van der Waals surface area contributed by atoms with Crippen molar-refractivity contribution in [3.63, 3.8) is 0 Å². The van der Waals surface area contributed by atoms with E-state index in [4.69, 9.17) is 9.88 Å². The van der Waals surface area contributed by atoms with Crippen molar-refractivity contribution in [3.05, 3.63) is 54.1 Å². The molecule has 0 aliphatic rings. The fourth-order valence-corrected chi connectivity index (χ4v) is 3.09. The van der Waals surface area contributed by atoms with Crippen LogP contribution in [-0.2, 0) is 10.2 Å². The molecule has 0 radical (unpaired) electrons. The van der Waals surface area contributed by atoms with Crippen LogP contribution in [0.2, 0.25) is 0 Å². The van der Waals surface area contributed by atoms with Crippen LogP contribution in [0.5, 0.6) is 5.75 Å². The lowest BCUT2D eigenvalue weighted by atomic mass is 10.1. The standard InChI is InChI=1S/C17H18FN5O3S/c1-10(11-3-5-12(6-4-11)23-27(19,24)25)22-17-13-7-14(18)16(26-2)8-15(13)20-9-21-17/h3-10,23H,1-2H3,(H2,19,24,25)(H,20,21,22). The summed E-state index contributed by atoms with van der Waals surface area (Å²) >= 11 is 0. The molecule has 10 heteroatoms. The summed E-state index contributed by atoms with van der Waals surface area (Å²) in [5.41, 5.74) is 1.77. The molecular weight excluding hydrogens is 373 g/mol. The number of fused-ring (bicyclic) bond motifs is 1. The van der Waals surface area contributed by atoms with E-state index in [9.17, 15) is 12.8 Å². The van der Waals surface area contributed by atoms with Crippen LogP contribution in [0.4, 0.5) is 15.9 Å². The minimum atomic E-state index is -3.82. The van der Waals surface area contributed by atoms with Gasteiger partial charge in [-0.05, 0) is 30.7 Å². The van der Waals surface area contributed by atoms with Gasteiger partial charge >= 0.3 is 0 Å². The lowest BCUT2D eigenvalue weighted by Crippen LogP contribution is -2.21. The predicted molar refractivity (Wildman–Crippen MR) is 101 cm³/mol. The number of hydrogen-bond donors (Lipinski definition) is 3. The predicted octanol–water partition coefficient (Wildman–Crippen LogP) is 2.57. The Morgan fingerprint density at radius 2 is 1.89 bits per heavy atom. The molecule has 142 valence electrons. The van der Waals surface area contributed by atoms with Crippen molar-refractivity contribution in [2.75, 3.05) is 17.1 Å². The number of ether oxygens (including phenoxy) is 1. The molecular formula is C17H18FN5O3S. The van der Waals surface area contributed by atoms with Crippen molar-refractivity contribution in [3.8, 4) is 5.75 Å². The Bertz CT molecular complexity index is 1070. The van der Waals surface area contributed by atoms with Crippen LogP contribution in [-0.4, -0.2) is 25.5 Å². The second kappa shape index (κ2) is 7.33. The molecule has 1 unspecified atom stereocenters. The summed E-state index contributed by atoms with van der Waals surface area (Å²) in [6.07, 6.45) is 1.38. The molecule has 27 heavy (non-hydrogen) atoms. The fourth-order valence-electron chi connectivity index (χ4n) is 2.62. The van der Waals surface area contributed by atoms with E-state index in [2.05, 4.69) is 20.0 Å². The number of halogens is 1. The van der Waals surface area contributed by atoms with Gasteiger partial charge in [0.15, 0.2) is 11.6 Å². The fraction of sp³-hybridized carbons (Fsp3) is 0.176. The molecule has 0 spiro atoms. The molecule has 3 rings (SSSR count). The number of benzene rings is 2. The molecule has 1 aromatic heterocycles. The Hall–Kier alpha value is -2.98. The summed E-state index contributed by atoms with van der Waals surface area (Å²) in [5, 5.41) is 8.68. The average Bonchev–Trinajstić information content (AvgIpc) is 2.61. The van der Waals surface area contributed by atoms with E-state index in [1.165, 1.54) is 25.6 Å². The number of hydrogen-bond acceptors (Lipinski definition) is 6. The molecule has 0 amide bonds. The zero-order valence-electron chi connectivity index (χ0n) is 14.6. The third kappa shape index (κ3) is 4.41. The molecule has 3 aromatic rings. The van der Waals surface area contributed by atoms with Crippen LogP contribution in [0.25, 0.3) is 10.9 Å². The molecule has 0 fully saturated rings. The average molecular weight is 391 g/mol. The largest absolute Gasteiger partial charge is 0.494 e. The first kappa shape index (κ1) is 18.8. The number of nitrogens with one attached hydrogen (secondary N) is 2. The number of rotatable bonds is 6. The summed E-state index contributed by atoms with van der Waals surface area (Å²) < 4.78 is 43.4. The number of nitrogens with two attached hydrogens (primary N) is 1. The Morgan fingerprint density at radius 1 is 1.19 bits per heavy atom. The van der Waals surface area contributed by atoms with Crippen LogP contribution in [0.3, 0.4) is 0 Å². The van der Waals surface area contributed by atoms with Crippen LogP contribution < -0.4 is 19.9 Å². The number of nitrogens with zero attached hydrogens (tertiary/aromatic N) is 2. The zero-order valence-corrected chi connectivity index (χ0v) is 15.4. The van der Waals surface area contributed by atoms with E-state index in [0.717, 1.165) is 5.56 Å². The van der Waals surface area contributed by atoms with Gasteiger partial charge < -0.3 is 10.1 Å². The van der Waals surface area contributed by atoms with E-state index in [-0.39, 0.29) is 11.8 Å². The molecule has 0 bridgehead atoms.